The number of hydrogen-bond donors (Lipinski definition) is 2. The zero-order valence-electron chi connectivity index (χ0n) is 6.27. The summed E-state index contributed by atoms with van der Waals surface area (Å²) in [7, 11) is 1.87. The molecule has 54 valence electrons. The Morgan fingerprint density at radius 1 is 1.67 bits per heavy atom. The van der Waals surface area contributed by atoms with Crippen LogP contribution in [-0.2, 0) is 4.79 Å². The van der Waals surface area contributed by atoms with E-state index in [4.69, 9.17) is 0 Å². The van der Waals surface area contributed by atoms with E-state index < -0.39 is 0 Å². The molecule has 0 fully saturated rings. The molecule has 0 rings (SSSR count). The first-order valence-electron chi connectivity index (χ1n) is 3.24. The fourth-order valence-electron chi connectivity index (χ4n) is 0.566. The second-order valence-corrected chi connectivity index (χ2v) is 2.33. The molecule has 0 aromatic heterocycles. The molecule has 0 aromatic rings. The van der Waals surface area contributed by atoms with Crippen LogP contribution in [0.2, 0.25) is 0 Å². The van der Waals surface area contributed by atoms with Crippen LogP contribution >= 0.6 is 0 Å². The molecule has 0 aliphatic heterocycles. The van der Waals surface area contributed by atoms with E-state index >= 15 is 0 Å². The molecule has 0 saturated heterocycles. The topological polar surface area (TPSA) is 45.7 Å². The highest BCUT2D eigenvalue weighted by Crippen LogP contribution is 1.72. The van der Waals surface area contributed by atoms with Gasteiger partial charge in [-0.1, -0.05) is 0 Å². The van der Waals surface area contributed by atoms with Gasteiger partial charge < -0.3 is 10.6 Å². The Balaban J connectivity index is 3.27. The summed E-state index contributed by atoms with van der Waals surface area (Å²) >= 11 is 0. The lowest BCUT2D eigenvalue weighted by molar-refractivity contribution is -0.615. The minimum Gasteiger partial charge on any atom is -0.349 e. The van der Waals surface area contributed by atoms with Crippen molar-refractivity contribution in [3.63, 3.8) is 0 Å². The second-order valence-electron chi connectivity index (χ2n) is 2.33. The summed E-state index contributed by atoms with van der Waals surface area (Å²) in [4.78, 5) is 10.7. The largest absolute Gasteiger partial charge is 0.349 e. The van der Waals surface area contributed by atoms with E-state index in [9.17, 15) is 4.79 Å². The van der Waals surface area contributed by atoms with E-state index in [-0.39, 0.29) is 11.9 Å². The molecule has 0 radical (unpaired) electrons. The summed E-state index contributed by atoms with van der Waals surface area (Å²) in [5.41, 5.74) is 0. The number of hydrogen-bond acceptors (Lipinski definition) is 1. The summed E-state index contributed by atoms with van der Waals surface area (Å²) in [5.74, 6) is 0.104. The molecule has 3 nitrogen and oxygen atoms in total. The van der Waals surface area contributed by atoms with Gasteiger partial charge in [-0.15, -0.1) is 0 Å². The molecular weight excluding hydrogens is 116 g/mol. The number of quaternary nitrogens is 1. The molecule has 3 N–H and O–H groups in total. The quantitative estimate of drug-likeness (QED) is 0.491. The van der Waals surface area contributed by atoms with E-state index in [1.54, 1.807) is 0 Å². The summed E-state index contributed by atoms with van der Waals surface area (Å²) in [6, 6.07) is 0.262. The lowest BCUT2D eigenvalue weighted by atomic mass is 10.4. The van der Waals surface area contributed by atoms with Crippen molar-refractivity contribution < 1.29 is 10.1 Å². The fraction of sp³-hybridized carbons (Fsp3) is 0.833. The molecule has 0 atom stereocenters. The molecule has 0 saturated carbocycles. The highest BCUT2D eigenvalue weighted by molar-refractivity contribution is 5.76. The van der Waals surface area contributed by atoms with E-state index in [0.717, 1.165) is 0 Å². The molecule has 0 aliphatic rings. The highest BCUT2D eigenvalue weighted by atomic mass is 16.1. The van der Waals surface area contributed by atoms with Gasteiger partial charge in [0.15, 0.2) is 6.54 Å². The molecule has 0 aromatic carbocycles. The number of nitrogens with two attached hydrogens (primary N) is 1. The van der Waals surface area contributed by atoms with Crippen molar-refractivity contribution in [1.82, 2.24) is 5.32 Å². The summed E-state index contributed by atoms with van der Waals surface area (Å²) < 4.78 is 0. The average Bonchev–Trinajstić information content (AvgIpc) is 1.63. The standard InChI is InChI=1S/C6H14N2O/c1-5(2)8-6(9)4-7-3/h5,7H,4H2,1-3H3,(H,8,9)/p+1. The van der Waals surface area contributed by atoms with Gasteiger partial charge in [0, 0.05) is 6.04 Å². The number of carbonyl (C=O) groups is 1. The maximum Gasteiger partial charge on any atom is 0.275 e. The highest BCUT2D eigenvalue weighted by Gasteiger charge is 2.01. The Labute approximate surface area is 55.8 Å². The third-order valence-corrected chi connectivity index (χ3v) is 0.839. The van der Waals surface area contributed by atoms with Crippen LogP contribution in [0.15, 0.2) is 0 Å². The first kappa shape index (κ1) is 8.43. The predicted molar refractivity (Wildman–Crippen MR) is 36.0 cm³/mol. The van der Waals surface area contributed by atoms with Crippen molar-refractivity contribution in [1.29, 1.82) is 0 Å². The molecular formula is C6H15N2O+. The zero-order valence-corrected chi connectivity index (χ0v) is 6.27. The SMILES string of the molecule is C[NH2+]CC(=O)NC(C)C. The van der Waals surface area contributed by atoms with Crippen molar-refractivity contribution >= 4 is 5.91 Å². The average molecular weight is 131 g/mol. The molecule has 0 heterocycles. The maximum atomic E-state index is 10.7. The van der Waals surface area contributed by atoms with Gasteiger partial charge in [-0.3, -0.25) is 4.79 Å². The molecule has 0 spiro atoms. The number of likely N-dealkylation sites (N-methyl/N-ethyl adjacent to an activating group) is 1. The number of nitrogens with one attached hydrogen (secondary N) is 1. The minimum absolute atomic E-state index is 0.104. The molecule has 0 unspecified atom stereocenters. The van der Waals surface area contributed by atoms with E-state index in [1.165, 1.54) is 0 Å². The Morgan fingerprint density at radius 2 is 2.22 bits per heavy atom. The van der Waals surface area contributed by atoms with Crippen LogP contribution in [0.4, 0.5) is 0 Å². The van der Waals surface area contributed by atoms with Crippen molar-refractivity contribution in [3.8, 4) is 0 Å². The van der Waals surface area contributed by atoms with Crippen LogP contribution in [-0.4, -0.2) is 25.5 Å². The Kier molecular flexibility index (Phi) is 4.05. The van der Waals surface area contributed by atoms with E-state index in [2.05, 4.69) is 5.32 Å². The van der Waals surface area contributed by atoms with Gasteiger partial charge >= 0.3 is 0 Å². The lowest BCUT2D eigenvalue weighted by Crippen LogP contribution is -2.82. The van der Waals surface area contributed by atoms with Gasteiger partial charge in [0.1, 0.15) is 0 Å². The third kappa shape index (κ3) is 5.30. The zero-order chi connectivity index (χ0) is 7.28. The van der Waals surface area contributed by atoms with Crippen LogP contribution in [0, 0.1) is 0 Å². The van der Waals surface area contributed by atoms with E-state index in [0.29, 0.717) is 6.54 Å². The molecule has 1 amide bonds. The van der Waals surface area contributed by atoms with Crippen LogP contribution < -0.4 is 10.6 Å². The number of rotatable bonds is 3. The van der Waals surface area contributed by atoms with Crippen molar-refractivity contribution in [2.24, 2.45) is 0 Å². The van der Waals surface area contributed by atoms with Crippen LogP contribution in [0.25, 0.3) is 0 Å². The monoisotopic (exact) mass is 131 g/mol. The number of carbonyl (C=O) groups excluding carboxylic acids is 1. The predicted octanol–water partition coefficient (Wildman–Crippen LogP) is -1.30. The van der Waals surface area contributed by atoms with Crippen LogP contribution in [0.3, 0.4) is 0 Å². The molecule has 0 bridgehead atoms. The van der Waals surface area contributed by atoms with Crippen molar-refractivity contribution in [2.75, 3.05) is 13.6 Å². The molecule has 3 heteroatoms. The second kappa shape index (κ2) is 4.32. The van der Waals surface area contributed by atoms with Crippen LogP contribution in [0.1, 0.15) is 13.8 Å². The Hall–Kier alpha value is -0.570. The van der Waals surface area contributed by atoms with Gasteiger partial charge in [-0.05, 0) is 13.8 Å². The lowest BCUT2D eigenvalue weighted by Gasteiger charge is -2.04. The van der Waals surface area contributed by atoms with Gasteiger partial charge in [-0.25, -0.2) is 0 Å². The number of amides is 1. The van der Waals surface area contributed by atoms with Gasteiger partial charge in [-0.2, -0.15) is 0 Å². The van der Waals surface area contributed by atoms with Crippen molar-refractivity contribution in [3.05, 3.63) is 0 Å². The van der Waals surface area contributed by atoms with Crippen LogP contribution in [0.5, 0.6) is 0 Å². The first-order valence-corrected chi connectivity index (χ1v) is 3.24. The van der Waals surface area contributed by atoms with Gasteiger partial charge in [0.05, 0.1) is 7.05 Å². The van der Waals surface area contributed by atoms with Crippen molar-refractivity contribution in [2.45, 2.75) is 19.9 Å². The minimum atomic E-state index is 0.104. The smallest absolute Gasteiger partial charge is 0.275 e. The molecule has 0 aliphatic carbocycles. The van der Waals surface area contributed by atoms with E-state index in [1.807, 2.05) is 26.2 Å². The normalized spacial score (nSPS) is 9.78. The summed E-state index contributed by atoms with van der Waals surface area (Å²) in [6.07, 6.45) is 0. The fourth-order valence-corrected chi connectivity index (χ4v) is 0.566. The van der Waals surface area contributed by atoms with Gasteiger partial charge in [0.2, 0.25) is 0 Å². The third-order valence-electron chi connectivity index (χ3n) is 0.839. The summed E-state index contributed by atoms with van der Waals surface area (Å²) in [6.45, 7) is 4.43. The Morgan fingerprint density at radius 3 is 2.56 bits per heavy atom. The first-order chi connectivity index (χ1) is 4.16. The van der Waals surface area contributed by atoms with Gasteiger partial charge in [0.25, 0.3) is 5.91 Å². The maximum absolute atomic E-state index is 10.7. The summed E-state index contributed by atoms with van der Waals surface area (Å²) in [5, 5.41) is 4.62. The molecule has 9 heavy (non-hydrogen) atoms. The Bertz CT molecular complexity index is 91.1.